The Morgan fingerprint density at radius 2 is 1.80 bits per heavy atom. The van der Waals surface area contributed by atoms with E-state index in [0.717, 1.165) is 31.3 Å². The summed E-state index contributed by atoms with van der Waals surface area (Å²) in [6.45, 7) is 1.63. The number of amides is 2. The second-order valence-corrected chi connectivity index (χ2v) is 7.39. The van der Waals surface area contributed by atoms with Gasteiger partial charge in [0.2, 0.25) is 5.91 Å². The number of piperidine rings is 1. The summed E-state index contributed by atoms with van der Waals surface area (Å²) in [4.78, 5) is 40.1. The maximum absolute atomic E-state index is 13.6. The van der Waals surface area contributed by atoms with Crippen molar-refractivity contribution in [3.63, 3.8) is 0 Å². The highest BCUT2D eigenvalue weighted by atomic mass is 16.6. The fourth-order valence-electron chi connectivity index (χ4n) is 3.50. The summed E-state index contributed by atoms with van der Waals surface area (Å²) in [5.74, 6) is 0.834. The van der Waals surface area contributed by atoms with E-state index in [4.69, 9.17) is 4.74 Å². The molecule has 2 N–H and O–H groups in total. The van der Waals surface area contributed by atoms with E-state index >= 15 is 0 Å². The van der Waals surface area contributed by atoms with Gasteiger partial charge in [0.25, 0.3) is 0 Å². The number of fused-ring (bicyclic) bond motifs is 1. The number of benzene rings is 1. The van der Waals surface area contributed by atoms with Gasteiger partial charge < -0.3 is 19.9 Å². The number of nitrogens with one attached hydrogen (secondary N) is 2. The van der Waals surface area contributed by atoms with Crippen molar-refractivity contribution in [2.45, 2.75) is 12.8 Å². The Morgan fingerprint density at radius 1 is 1.07 bits per heavy atom. The normalized spacial score (nSPS) is 14.5. The minimum atomic E-state index is -0.463. The topological polar surface area (TPSA) is 103 Å². The number of aromatic nitrogens is 3. The Hall–Kier alpha value is -3.46. The molecule has 0 radical (unpaired) electrons. The van der Waals surface area contributed by atoms with Gasteiger partial charge in [-0.15, -0.1) is 0 Å². The molecule has 1 aliphatic heterocycles. The first-order valence-corrected chi connectivity index (χ1v) is 9.86. The molecule has 1 aliphatic rings. The van der Waals surface area contributed by atoms with Crippen LogP contribution in [0.4, 0.5) is 16.3 Å². The quantitative estimate of drug-likeness (QED) is 0.688. The van der Waals surface area contributed by atoms with Gasteiger partial charge in [0.05, 0.1) is 11.1 Å². The van der Waals surface area contributed by atoms with E-state index in [1.807, 2.05) is 6.07 Å². The molecule has 3 heterocycles. The van der Waals surface area contributed by atoms with E-state index in [1.165, 1.54) is 11.2 Å². The van der Waals surface area contributed by atoms with E-state index < -0.39 is 6.09 Å². The number of aromatic amines is 1. The lowest BCUT2D eigenvalue weighted by atomic mass is 9.96. The molecular weight excluding hydrogens is 384 g/mol. The molecule has 1 aromatic carbocycles. The number of nitrogens with zero attached hydrogens (tertiary/aromatic N) is 4. The standard InChI is InChI=1S/C21H24N6O3/c1-26(2)21(29)30-16-5-3-15(4-6-16)27(20(28)14-7-10-22-11-8-14)19-17-9-12-23-18(17)24-13-25-19/h3-6,9,12-14,22H,7-8,10-11H2,1-2H3,(H,23,24,25). The first kappa shape index (κ1) is 19.8. The molecule has 3 aromatic rings. The third kappa shape index (κ3) is 3.97. The van der Waals surface area contributed by atoms with Gasteiger partial charge in [-0.1, -0.05) is 0 Å². The van der Waals surface area contributed by atoms with Gasteiger partial charge in [-0.2, -0.15) is 0 Å². The first-order valence-electron chi connectivity index (χ1n) is 9.86. The van der Waals surface area contributed by atoms with Crippen molar-refractivity contribution in [1.29, 1.82) is 0 Å². The summed E-state index contributed by atoms with van der Waals surface area (Å²) >= 11 is 0. The summed E-state index contributed by atoms with van der Waals surface area (Å²) in [5, 5.41) is 4.06. The van der Waals surface area contributed by atoms with Crippen molar-refractivity contribution in [1.82, 2.24) is 25.2 Å². The number of rotatable bonds is 4. The average molecular weight is 408 g/mol. The number of hydrogen-bond acceptors (Lipinski definition) is 6. The fraction of sp³-hybridized carbons (Fsp3) is 0.333. The van der Waals surface area contributed by atoms with E-state index in [2.05, 4.69) is 20.3 Å². The van der Waals surface area contributed by atoms with Crippen molar-refractivity contribution >= 4 is 34.5 Å². The van der Waals surface area contributed by atoms with Gasteiger partial charge in [0.1, 0.15) is 17.7 Å². The Morgan fingerprint density at radius 3 is 2.50 bits per heavy atom. The summed E-state index contributed by atoms with van der Waals surface area (Å²) in [7, 11) is 3.24. The van der Waals surface area contributed by atoms with Crippen LogP contribution in [0.1, 0.15) is 12.8 Å². The predicted molar refractivity (Wildman–Crippen MR) is 113 cm³/mol. The van der Waals surface area contributed by atoms with Gasteiger partial charge in [0.15, 0.2) is 5.82 Å². The van der Waals surface area contributed by atoms with E-state index in [0.29, 0.717) is 22.9 Å². The molecule has 1 saturated heterocycles. The molecule has 1 fully saturated rings. The van der Waals surface area contributed by atoms with Crippen molar-refractivity contribution in [3.05, 3.63) is 42.9 Å². The number of H-pyrrole nitrogens is 1. The summed E-state index contributed by atoms with van der Waals surface area (Å²) in [5.41, 5.74) is 1.32. The molecule has 156 valence electrons. The lowest BCUT2D eigenvalue weighted by Gasteiger charge is -2.29. The lowest BCUT2D eigenvalue weighted by molar-refractivity contribution is -0.122. The van der Waals surface area contributed by atoms with Gasteiger partial charge in [-0.3, -0.25) is 9.69 Å². The largest absolute Gasteiger partial charge is 0.414 e. The Kier molecular flexibility index (Phi) is 5.62. The van der Waals surface area contributed by atoms with E-state index in [9.17, 15) is 9.59 Å². The van der Waals surface area contributed by atoms with E-state index in [1.54, 1.807) is 49.5 Å². The number of ether oxygens (including phenoxy) is 1. The smallest absolute Gasteiger partial charge is 0.410 e. The lowest BCUT2D eigenvalue weighted by Crippen LogP contribution is -2.39. The van der Waals surface area contributed by atoms with Crippen molar-refractivity contribution in [3.8, 4) is 5.75 Å². The van der Waals surface area contributed by atoms with Crippen molar-refractivity contribution < 1.29 is 14.3 Å². The van der Waals surface area contributed by atoms with E-state index in [-0.39, 0.29) is 11.8 Å². The monoisotopic (exact) mass is 408 g/mol. The Bertz CT molecular complexity index is 1040. The minimum absolute atomic E-state index is 0.00395. The second-order valence-electron chi connectivity index (χ2n) is 7.39. The van der Waals surface area contributed by atoms with Crippen LogP contribution in [-0.4, -0.2) is 59.0 Å². The third-order valence-corrected chi connectivity index (χ3v) is 5.12. The maximum atomic E-state index is 13.6. The summed E-state index contributed by atoms with van der Waals surface area (Å²) in [6.07, 6.45) is 4.31. The number of hydrogen-bond donors (Lipinski definition) is 2. The average Bonchev–Trinajstić information content (AvgIpc) is 3.25. The highest BCUT2D eigenvalue weighted by Gasteiger charge is 2.30. The molecule has 0 aliphatic carbocycles. The van der Waals surface area contributed by atoms with Crippen LogP contribution in [0.25, 0.3) is 11.0 Å². The van der Waals surface area contributed by atoms with Gasteiger partial charge in [-0.05, 0) is 56.3 Å². The molecule has 0 unspecified atom stereocenters. The summed E-state index contributed by atoms with van der Waals surface area (Å²) in [6, 6.07) is 8.74. The first-order chi connectivity index (χ1) is 14.5. The molecule has 9 nitrogen and oxygen atoms in total. The highest BCUT2D eigenvalue weighted by Crippen LogP contribution is 2.33. The number of carbonyl (C=O) groups is 2. The van der Waals surface area contributed by atoms with Gasteiger partial charge in [-0.25, -0.2) is 14.8 Å². The van der Waals surface area contributed by atoms with Crippen LogP contribution in [0.5, 0.6) is 5.75 Å². The third-order valence-electron chi connectivity index (χ3n) is 5.12. The Balaban J connectivity index is 1.71. The van der Waals surface area contributed by atoms with Gasteiger partial charge in [0, 0.05) is 26.2 Å². The molecule has 0 saturated carbocycles. The molecule has 30 heavy (non-hydrogen) atoms. The molecule has 0 spiro atoms. The molecule has 0 bridgehead atoms. The molecule has 9 heteroatoms. The summed E-state index contributed by atoms with van der Waals surface area (Å²) < 4.78 is 5.30. The second kappa shape index (κ2) is 8.50. The van der Waals surface area contributed by atoms with Crippen LogP contribution in [0.15, 0.2) is 42.9 Å². The molecular formula is C21H24N6O3. The van der Waals surface area contributed by atoms with Crippen LogP contribution in [0.2, 0.25) is 0 Å². The fourth-order valence-corrected chi connectivity index (χ4v) is 3.50. The highest BCUT2D eigenvalue weighted by molar-refractivity contribution is 6.06. The number of anilines is 2. The Labute approximate surface area is 174 Å². The van der Waals surface area contributed by atoms with Crippen LogP contribution in [-0.2, 0) is 4.79 Å². The SMILES string of the molecule is CN(C)C(=O)Oc1ccc(N(C(=O)C2CCNCC2)c2ncnc3[nH]ccc23)cc1. The zero-order chi connectivity index (χ0) is 21.1. The molecule has 4 rings (SSSR count). The molecule has 2 aromatic heterocycles. The molecule has 0 atom stereocenters. The van der Waals surface area contributed by atoms with Crippen LogP contribution in [0, 0.1) is 5.92 Å². The maximum Gasteiger partial charge on any atom is 0.414 e. The van der Waals surface area contributed by atoms with Crippen LogP contribution in [0.3, 0.4) is 0 Å². The van der Waals surface area contributed by atoms with Crippen LogP contribution < -0.4 is 15.0 Å². The van der Waals surface area contributed by atoms with Crippen molar-refractivity contribution in [2.24, 2.45) is 5.92 Å². The zero-order valence-corrected chi connectivity index (χ0v) is 17.0. The van der Waals surface area contributed by atoms with Gasteiger partial charge >= 0.3 is 6.09 Å². The predicted octanol–water partition coefficient (Wildman–Crippen LogP) is 2.68. The van der Waals surface area contributed by atoms with Crippen molar-refractivity contribution in [2.75, 3.05) is 32.1 Å². The molecule has 2 amide bonds. The zero-order valence-electron chi connectivity index (χ0n) is 17.0. The minimum Gasteiger partial charge on any atom is -0.410 e. The number of carbonyl (C=O) groups excluding carboxylic acids is 2. The van der Waals surface area contributed by atoms with Crippen LogP contribution >= 0.6 is 0 Å².